The molecule has 0 aliphatic rings. The van der Waals surface area contributed by atoms with E-state index in [1.165, 1.54) is 36.5 Å². The van der Waals surface area contributed by atoms with Gasteiger partial charge in [0.05, 0.1) is 16.3 Å². The molecule has 3 N–H and O–H groups in total. The molecule has 0 amide bonds. The minimum atomic E-state index is -3.87. The van der Waals surface area contributed by atoms with E-state index in [0.29, 0.717) is 0 Å². The van der Waals surface area contributed by atoms with Crippen molar-refractivity contribution in [1.82, 2.24) is 4.98 Å². The van der Waals surface area contributed by atoms with Gasteiger partial charge >= 0.3 is 0 Å². The van der Waals surface area contributed by atoms with E-state index in [1.54, 1.807) is 0 Å². The number of anilines is 2. The summed E-state index contributed by atoms with van der Waals surface area (Å²) in [5, 5.41) is 9.11. The molecule has 0 saturated heterocycles. The maximum atomic E-state index is 12.2. The normalized spacial score (nSPS) is 10.8. The zero-order chi connectivity index (χ0) is 14.8. The molecule has 102 valence electrons. The summed E-state index contributed by atoms with van der Waals surface area (Å²) in [5.74, 6) is -0.102. The van der Waals surface area contributed by atoms with Crippen LogP contribution in [0.25, 0.3) is 0 Å². The first-order valence-electron chi connectivity index (χ1n) is 5.37. The van der Waals surface area contributed by atoms with Crippen LogP contribution in [-0.2, 0) is 10.0 Å². The lowest BCUT2D eigenvalue weighted by atomic mass is 10.2. The lowest BCUT2D eigenvalue weighted by molar-refractivity contribution is 0.601. The molecule has 0 atom stereocenters. The van der Waals surface area contributed by atoms with Gasteiger partial charge in [0.15, 0.2) is 0 Å². The van der Waals surface area contributed by atoms with Crippen molar-refractivity contribution in [3.05, 3.63) is 47.1 Å². The van der Waals surface area contributed by atoms with Gasteiger partial charge in [0.2, 0.25) is 0 Å². The Hall–Kier alpha value is -2.30. The highest BCUT2D eigenvalue weighted by molar-refractivity contribution is 7.92. The van der Waals surface area contributed by atoms with Gasteiger partial charge in [-0.25, -0.2) is 13.4 Å². The van der Waals surface area contributed by atoms with E-state index >= 15 is 0 Å². The molecule has 0 spiro atoms. The molecule has 0 saturated carbocycles. The molecule has 0 fully saturated rings. The summed E-state index contributed by atoms with van der Waals surface area (Å²) in [7, 11) is -3.87. The first kappa shape index (κ1) is 14.1. The first-order chi connectivity index (χ1) is 9.44. The Balaban J connectivity index is 2.39. The van der Waals surface area contributed by atoms with Crippen molar-refractivity contribution < 1.29 is 8.42 Å². The van der Waals surface area contributed by atoms with Crippen LogP contribution in [0.5, 0.6) is 0 Å². The summed E-state index contributed by atoms with van der Waals surface area (Å²) < 4.78 is 26.6. The molecule has 0 bridgehead atoms. The van der Waals surface area contributed by atoms with E-state index in [9.17, 15) is 8.42 Å². The third-order valence-corrected chi connectivity index (χ3v) is 4.19. The molecule has 0 aliphatic carbocycles. The minimum Gasteiger partial charge on any atom is -0.383 e. The Kier molecular flexibility index (Phi) is 3.79. The number of rotatable bonds is 3. The summed E-state index contributed by atoms with van der Waals surface area (Å²) in [6.45, 7) is 0. The molecule has 1 aromatic heterocycles. The topological polar surface area (TPSA) is 109 Å². The van der Waals surface area contributed by atoms with Gasteiger partial charge in [-0.1, -0.05) is 11.6 Å². The van der Waals surface area contributed by atoms with Gasteiger partial charge < -0.3 is 5.73 Å². The fraction of sp³-hybridized carbons (Fsp3) is 0. The smallest absolute Gasteiger partial charge is 0.265 e. The van der Waals surface area contributed by atoms with Crippen molar-refractivity contribution in [2.24, 2.45) is 0 Å². The molecule has 0 radical (unpaired) electrons. The standard InChI is InChI=1S/C12H9ClN4O2S/c13-10-4-3-9(6-8(10)7-14)17-20(18,19)11-2-1-5-16-12(11)15/h1-6,17H,(H2,15,16). The number of sulfonamides is 1. The van der Waals surface area contributed by atoms with Crippen LogP contribution in [0.3, 0.4) is 0 Å². The van der Waals surface area contributed by atoms with Gasteiger partial charge in [-0.3, -0.25) is 4.72 Å². The van der Waals surface area contributed by atoms with E-state index in [-0.39, 0.29) is 27.0 Å². The van der Waals surface area contributed by atoms with Crippen molar-refractivity contribution >= 4 is 33.1 Å². The van der Waals surface area contributed by atoms with Crippen molar-refractivity contribution in [2.45, 2.75) is 4.90 Å². The van der Waals surface area contributed by atoms with Crippen LogP contribution in [0.2, 0.25) is 5.02 Å². The van der Waals surface area contributed by atoms with Crippen LogP contribution in [0, 0.1) is 11.3 Å². The fourth-order valence-electron chi connectivity index (χ4n) is 1.51. The predicted octanol–water partition coefficient (Wildman–Crippen LogP) is 1.99. The summed E-state index contributed by atoms with van der Waals surface area (Å²) in [6.07, 6.45) is 1.39. The molecule has 20 heavy (non-hydrogen) atoms. The largest absolute Gasteiger partial charge is 0.383 e. The maximum Gasteiger partial charge on any atom is 0.265 e. The number of nitrogen functional groups attached to an aromatic ring is 1. The molecular weight excluding hydrogens is 300 g/mol. The highest BCUT2D eigenvalue weighted by atomic mass is 35.5. The average molecular weight is 309 g/mol. The van der Waals surface area contributed by atoms with Gasteiger partial charge in [0.25, 0.3) is 10.0 Å². The molecule has 1 aromatic carbocycles. The van der Waals surface area contributed by atoms with Crippen LogP contribution in [0.4, 0.5) is 11.5 Å². The third-order valence-electron chi connectivity index (χ3n) is 2.43. The minimum absolute atomic E-state index is 0.102. The number of benzene rings is 1. The predicted molar refractivity (Wildman–Crippen MR) is 75.6 cm³/mol. The van der Waals surface area contributed by atoms with Gasteiger partial charge in [-0.05, 0) is 30.3 Å². The van der Waals surface area contributed by atoms with E-state index in [1.807, 2.05) is 6.07 Å². The molecule has 6 nitrogen and oxygen atoms in total. The van der Waals surface area contributed by atoms with E-state index in [2.05, 4.69) is 9.71 Å². The number of nitriles is 1. The lowest BCUT2D eigenvalue weighted by Gasteiger charge is -2.09. The summed E-state index contributed by atoms with van der Waals surface area (Å²) in [4.78, 5) is 3.59. The van der Waals surface area contributed by atoms with Crippen molar-refractivity contribution in [3.8, 4) is 6.07 Å². The van der Waals surface area contributed by atoms with Gasteiger partial charge in [0.1, 0.15) is 16.8 Å². The van der Waals surface area contributed by atoms with E-state index in [4.69, 9.17) is 22.6 Å². The number of nitrogens with two attached hydrogens (primary N) is 1. The molecule has 8 heteroatoms. The SMILES string of the molecule is N#Cc1cc(NS(=O)(=O)c2cccnc2N)ccc1Cl. The quantitative estimate of drug-likeness (QED) is 0.901. The Morgan fingerprint density at radius 2 is 2.10 bits per heavy atom. The average Bonchev–Trinajstić information content (AvgIpc) is 2.41. The second-order valence-corrected chi connectivity index (χ2v) is 5.86. The second kappa shape index (κ2) is 5.36. The lowest BCUT2D eigenvalue weighted by Crippen LogP contribution is -2.15. The monoisotopic (exact) mass is 308 g/mol. The Labute approximate surface area is 120 Å². The fourth-order valence-corrected chi connectivity index (χ4v) is 2.81. The number of nitrogens with zero attached hydrogens (tertiary/aromatic N) is 2. The maximum absolute atomic E-state index is 12.2. The molecule has 2 aromatic rings. The number of hydrogen-bond donors (Lipinski definition) is 2. The second-order valence-electron chi connectivity index (χ2n) is 3.80. The van der Waals surface area contributed by atoms with Crippen molar-refractivity contribution in [2.75, 3.05) is 10.5 Å². The molecule has 0 aliphatic heterocycles. The Morgan fingerprint density at radius 3 is 2.75 bits per heavy atom. The first-order valence-corrected chi connectivity index (χ1v) is 7.23. The van der Waals surface area contributed by atoms with E-state index in [0.717, 1.165) is 0 Å². The highest BCUT2D eigenvalue weighted by Crippen LogP contribution is 2.23. The Bertz CT molecular complexity index is 799. The molecular formula is C12H9ClN4O2S. The van der Waals surface area contributed by atoms with Crippen LogP contribution < -0.4 is 10.5 Å². The Morgan fingerprint density at radius 1 is 1.35 bits per heavy atom. The van der Waals surface area contributed by atoms with E-state index < -0.39 is 10.0 Å². The number of halogens is 1. The summed E-state index contributed by atoms with van der Waals surface area (Å²) >= 11 is 5.78. The van der Waals surface area contributed by atoms with Crippen LogP contribution >= 0.6 is 11.6 Å². The summed E-state index contributed by atoms with van der Waals surface area (Å²) in [6, 6.07) is 8.90. The van der Waals surface area contributed by atoms with Gasteiger partial charge in [-0.15, -0.1) is 0 Å². The van der Waals surface area contributed by atoms with Crippen molar-refractivity contribution in [3.63, 3.8) is 0 Å². The van der Waals surface area contributed by atoms with Crippen LogP contribution in [-0.4, -0.2) is 13.4 Å². The zero-order valence-corrected chi connectivity index (χ0v) is 11.6. The third kappa shape index (κ3) is 2.82. The number of pyridine rings is 1. The highest BCUT2D eigenvalue weighted by Gasteiger charge is 2.18. The summed E-state index contributed by atoms with van der Waals surface area (Å²) in [5.41, 5.74) is 5.93. The van der Waals surface area contributed by atoms with Gasteiger partial charge in [-0.2, -0.15) is 5.26 Å². The number of aromatic nitrogens is 1. The zero-order valence-electron chi connectivity index (χ0n) is 10.0. The number of nitrogens with one attached hydrogen (secondary N) is 1. The van der Waals surface area contributed by atoms with Crippen LogP contribution in [0.15, 0.2) is 41.4 Å². The molecule has 1 heterocycles. The van der Waals surface area contributed by atoms with Crippen LogP contribution in [0.1, 0.15) is 5.56 Å². The molecule has 2 rings (SSSR count). The van der Waals surface area contributed by atoms with Crippen molar-refractivity contribution in [1.29, 1.82) is 5.26 Å². The molecule has 0 unspecified atom stereocenters. The number of hydrogen-bond acceptors (Lipinski definition) is 5. The van der Waals surface area contributed by atoms with Gasteiger partial charge in [0, 0.05) is 6.20 Å².